The van der Waals surface area contributed by atoms with Gasteiger partial charge < -0.3 is 19.9 Å². The van der Waals surface area contributed by atoms with Crippen molar-refractivity contribution in [2.45, 2.75) is 38.6 Å². The Bertz CT molecular complexity index is 899. The highest BCUT2D eigenvalue weighted by Crippen LogP contribution is 2.30. The maximum Gasteiger partial charge on any atom is 0.226 e. The predicted molar refractivity (Wildman–Crippen MR) is 117 cm³/mol. The summed E-state index contributed by atoms with van der Waals surface area (Å²) in [5, 5.41) is 3.25. The molecule has 160 valence electrons. The van der Waals surface area contributed by atoms with E-state index in [1.807, 2.05) is 43.1 Å². The summed E-state index contributed by atoms with van der Waals surface area (Å²) in [5.41, 5.74) is 3.44. The lowest BCUT2D eigenvalue weighted by Gasteiger charge is -2.26. The largest absolute Gasteiger partial charge is 0.493 e. The summed E-state index contributed by atoms with van der Waals surface area (Å²) in [6, 6.07) is 7.89. The van der Waals surface area contributed by atoms with Gasteiger partial charge in [0.25, 0.3) is 0 Å². The van der Waals surface area contributed by atoms with Crippen LogP contribution in [0.25, 0.3) is 0 Å². The van der Waals surface area contributed by atoms with Crippen molar-refractivity contribution in [3.8, 4) is 5.75 Å². The second-order valence-corrected chi connectivity index (χ2v) is 8.28. The highest BCUT2D eigenvalue weighted by atomic mass is 16.5. The van der Waals surface area contributed by atoms with E-state index in [-0.39, 0.29) is 11.8 Å². The van der Waals surface area contributed by atoms with E-state index in [0.29, 0.717) is 19.6 Å². The van der Waals surface area contributed by atoms with Gasteiger partial charge in [-0.2, -0.15) is 0 Å². The molecule has 0 bridgehead atoms. The number of para-hydroxylation sites is 1. The molecular formula is C23H31N5O2. The molecule has 0 aliphatic carbocycles. The summed E-state index contributed by atoms with van der Waals surface area (Å²) in [6.07, 6.45) is 2.24. The average Bonchev–Trinajstić information content (AvgIpc) is 3.25. The van der Waals surface area contributed by atoms with Crippen LogP contribution in [0.2, 0.25) is 0 Å². The van der Waals surface area contributed by atoms with E-state index >= 15 is 0 Å². The third-order valence-electron chi connectivity index (χ3n) is 6.08. The van der Waals surface area contributed by atoms with Gasteiger partial charge in [-0.25, -0.2) is 9.97 Å². The molecule has 2 aliphatic rings. The third-order valence-corrected chi connectivity index (χ3v) is 6.08. The Morgan fingerprint density at radius 3 is 2.90 bits per heavy atom. The number of nitrogens with zero attached hydrogens (tertiary/aromatic N) is 4. The van der Waals surface area contributed by atoms with E-state index in [1.54, 1.807) is 0 Å². The topological polar surface area (TPSA) is 70.6 Å². The molecule has 1 amide bonds. The smallest absolute Gasteiger partial charge is 0.226 e. The summed E-state index contributed by atoms with van der Waals surface area (Å²) in [6.45, 7) is 5.75. The predicted octanol–water partition coefficient (Wildman–Crippen LogP) is 2.60. The van der Waals surface area contributed by atoms with Crippen LogP contribution in [-0.4, -0.2) is 66.0 Å². The number of hydrogen-bond acceptors (Lipinski definition) is 6. The first-order chi connectivity index (χ1) is 14.5. The lowest BCUT2D eigenvalue weighted by atomic mass is 10.0. The third kappa shape index (κ3) is 4.41. The van der Waals surface area contributed by atoms with E-state index in [4.69, 9.17) is 14.7 Å². The molecule has 7 heteroatoms. The molecule has 0 spiro atoms. The zero-order valence-electron chi connectivity index (χ0n) is 18.1. The van der Waals surface area contributed by atoms with Crippen LogP contribution in [-0.2, 0) is 17.8 Å². The lowest BCUT2D eigenvalue weighted by molar-refractivity contribution is -0.130. The fourth-order valence-corrected chi connectivity index (χ4v) is 4.28. The van der Waals surface area contributed by atoms with Gasteiger partial charge in [-0.3, -0.25) is 4.79 Å². The van der Waals surface area contributed by atoms with E-state index < -0.39 is 0 Å². The number of rotatable bonds is 6. The van der Waals surface area contributed by atoms with Gasteiger partial charge in [0.05, 0.1) is 18.7 Å². The number of aromatic nitrogens is 2. The number of ether oxygens (including phenoxy) is 1. The fraction of sp³-hybridized carbons (Fsp3) is 0.522. The molecule has 3 heterocycles. The molecule has 4 rings (SSSR count). The van der Waals surface area contributed by atoms with Gasteiger partial charge in [-0.15, -0.1) is 0 Å². The maximum absolute atomic E-state index is 12.7. The number of amides is 1. The van der Waals surface area contributed by atoms with Crippen molar-refractivity contribution in [3.63, 3.8) is 0 Å². The Morgan fingerprint density at radius 1 is 1.27 bits per heavy atom. The molecule has 2 aromatic rings. The number of fused-ring (bicyclic) bond motifs is 1. The van der Waals surface area contributed by atoms with Crippen LogP contribution in [0, 0.1) is 6.92 Å². The van der Waals surface area contributed by atoms with Crippen molar-refractivity contribution in [1.29, 1.82) is 0 Å². The van der Waals surface area contributed by atoms with Crippen LogP contribution < -0.4 is 10.1 Å². The quantitative estimate of drug-likeness (QED) is 0.791. The van der Waals surface area contributed by atoms with Crippen molar-refractivity contribution in [1.82, 2.24) is 19.8 Å². The number of anilines is 1. The number of carbonyl (C=O) groups excluding carboxylic acids is 1. The number of nitrogens with one attached hydrogen (secondary N) is 1. The Morgan fingerprint density at radius 2 is 2.10 bits per heavy atom. The Labute approximate surface area is 178 Å². The molecule has 0 unspecified atom stereocenters. The van der Waals surface area contributed by atoms with Crippen molar-refractivity contribution >= 4 is 11.7 Å². The van der Waals surface area contributed by atoms with Crippen LogP contribution in [0.15, 0.2) is 24.3 Å². The van der Waals surface area contributed by atoms with Gasteiger partial charge in [0, 0.05) is 51.1 Å². The molecule has 7 nitrogen and oxygen atoms in total. The molecule has 0 radical (unpaired) electrons. The van der Waals surface area contributed by atoms with Crippen molar-refractivity contribution < 1.29 is 9.53 Å². The standard InChI is InChI=1S/C23H31N5O2/c1-16-6-4-5-7-20(16)30-13-10-21(29)28-12-8-17(14-28)22-25-19-9-11-27(3)15-18(19)23(24-2)26-22/h4-7,17H,8-15H2,1-3H3,(H,24,25,26)/t17-/m1/s1. The first kappa shape index (κ1) is 20.6. The molecule has 1 N–H and O–H groups in total. The van der Waals surface area contributed by atoms with Crippen LogP contribution in [0.4, 0.5) is 5.82 Å². The number of aryl methyl sites for hydroxylation is 1. The molecule has 2 aliphatic heterocycles. The molecule has 1 saturated heterocycles. The molecular weight excluding hydrogens is 378 g/mol. The lowest BCUT2D eigenvalue weighted by Crippen LogP contribution is -2.30. The van der Waals surface area contributed by atoms with Crippen LogP contribution in [0.3, 0.4) is 0 Å². The van der Waals surface area contributed by atoms with Gasteiger partial charge >= 0.3 is 0 Å². The maximum atomic E-state index is 12.7. The van der Waals surface area contributed by atoms with Gasteiger partial charge in [0.1, 0.15) is 17.4 Å². The monoisotopic (exact) mass is 409 g/mol. The Hall–Kier alpha value is -2.67. The van der Waals surface area contributed by atoms with Crippen LogP contribution in [0.1, 0.15) is 41.4 Å². The normalized spacial score (nSPS) is 18.9. The second-order valence-electron chi connectivity index (χ2n) is 8.28. The van der Waals surface area contributed by atoms with E-state index in [9.17, 15) is 4.79 Å². The summed E-state index contributed by atoms with van der Waals surface area (Å²) in [7, 11) is 4.04. The van der Waals surface area contributed by atoms with Gasteiger partial charge in [-0.1, -0.05) is 18.2 Å². The summed E-state index contributed by atoms with van der Waals surface area (Å²) < 4.78 is 5.80. The number of likely N-dealkylation sites (N-methyl/N-ethyl adjacent to an activating group) is 1. The van der Waals surface area contributed by atoms with Crippen molar-refractivity contribution in [2.75, 3.05) is 45.7 Å². The number of hydrogen-bond donors (Lipinski definition) is 1. The van der Waals surface area contributed by atoms with Crippen LogP contribution in [0.5, 0.6) is 5.75 Å². The van der Waals surface area contributed by atoms with E-state index in [0.717, 1.165) is 61.1 Å². The Kier molecular flexibility index (Phi) is 6.18. The van der Waals surface area contributed by atoms with E-state index in [2.05, 4.69) is 17.3 Å². The minimum atomic E-state index is 0.138. The Balaban J connectivity index is 1.36. The van der Waals surface area contributed by atoms with Gasteiger partial charge in [-0.05, 0) is 32.0 Å². The number of carbonyl (C=O) groups is 1. The summed E-state index contributed by atoms with van der Waals surface area (Å²) in [4.78, 5) is 26.6. The SMILES string of the molecule is CNc1nc([C@@H]2CCN(C(=O)CCOc3ccccc3C)C2)nc2c1CN(C)CC2. The molecule has 1 aromatic carbocycles. The molecule has 1 aromatic heterocycles. The molecule has 1 fully saturated rings. The fourth-order valence-electron chi connectivity index (χ4n) is 4.28. The van der Waals surface area contributed by atoms with E-state index in [1.165, 1.54) is 5.56 Å². The average molecular weight is 410 g/mol. The van der Waals surface area contributed by atoms with Crippen LogP contribution >= 0.6 is 0 Å². The molecule has 30 heavy (non-hydrogen) atoms. The first-order valence-corrected chi connectivity index (χ1v) is 10.8. The minimum Gasteiger partial charge on any atom is -0.493 e. The summed E-state index contributed by atoms with van der Waals surface area (Å²) >= 11 is 0. The summed E-state index contributed by atoms with van der Waals surface area (Å²) in [5.74, 6) is 2.98. The zero-order valence-corrected chi connectivity index (χ0v) is 18.1. The second kappa shape index (κ2) is 9.00. The highest BCUT2D eigenvalue weighted by Gasteiger charge is 2.31. The molecule has 0 saturated carbocycles. The molecule has 1 atom stereocenters. The van der Waals surface area contributed by atoms with Gasteiger partial charge in [0.2, 0.25) is 5.91 Å². The van der Waals surface area contributed by atoms with Crippen molar-refractivity contribution in [2.24, 2.45) is 0 Å². The highest BCUT2D eigenvalue weighted by molar-refractivity contribution is 5.76. The first-order valence-electron chi connectivity index (χ1n) is 10.8. The number of likely N-dealkylation sites (tertiary alicyclic amines) is 1. The van der Waals surface area contributed by atoms with Gasteiger partial charge in [0.15, 0.2) is 0 Å². The van der Waals surface area contributed by atoms with Crippen molar-refractivity contribution in [3.05, 3.63) is 46.9 Å². The minimum absolute atomic E-state index is 0.138. The zero-order chi connectivity index (χ0) is 21.1. The number of benzene rings is 1.